The van der Waals surface area contributed by atoms with Crippen LogP contribution in [0.4, 0.5) is 0 Å². The van der Waals surface area contributed by atoms with Crippen LogP contribution in [0.3, 0.4) is 0 Å². The summed E-state index contributed by atoms with van der Waals surface area (Å²) < 4.78 is 0. The lowest BCUT2D eigenvalue weighted by Gasteiger charge is -2.26. The number of ketones is 5. The van der Waals surface area contributed by atoms with Crippen LogP contribution in [0, 0.1) is 62.1 Å². The van der Waals surface area contributed by atoms with Crippen LogP contribution >= 0.6 is 0 Å². The van der Waals surface area contributed by atoms with Crippen molar-refractivity contribution in [1.82, 2.24) is 5.06 Å². The van der Waals surface area contributed by atoms with E-state index in [0.29, 0.717) is 35.2 Å². The first-order valence-electron chi connectivity index (χ1n) is 26.3. The summed E-state index contributed by atoms with van der Waals surface area (Å²) in [5, 5.41) is 13.7. The summed E-state index contributed by atoms with van der Waals surface area (Å²) in [6.45, 7) is 58.3. The highest BCUT2D eigenvalue weighted by atomic mass is 16.6. The molecule has 0 aliphatic rings. The number of hydroxylamine groups is 2. The van der Waals surface area contributed by atoms with Gasteiger partial charge in [0.2, 0.25) is 0 Å². The fraction of sp³-hybridized carbons (Fsp3) is 0.879. The second-order valence-corrected chi connectivity index (χ2v) is 27.5. The summed E-state index contributed by atoms with van der Waals surface area (Å²) in [6, 6.07) is -1.01. The average molecular weight is 1010 g/mol. The van der Waals surface area contributed by atoms with Crippen molar-refractivity contribution in [1.29, 1.82) is 0 Å². The normalized spacial score (nSPS) is 13.7. The SMILES string of the molecule is CC(C)CC(N)C(=O)C(C)(C)C.CC(C)CCC(=O)C(C)(C)C.CC(C)C[C@@H](N)C(=O)C(C)(C)C.CC(C)C[C@H](N)C(=O)C(C)(C)C.CC(C)N(O)C(=O)C(C)(C)C.CON=C(C(=O)C(C)(C)C)C(C)C. The molecule has 0 aromatic rings. The van der Waals surface area contributed by atoms with Gasteiger partial charge >= 0.3 is 0 Å². The first-order chi connectivity index (χ1) is 31.1. The van der Waals surface area contributed by atoms with Gasteiger partial charge in [0.25, 0.3) is 5.91 Å². The molecular weight excluding hydrogens is 895 g/mol. The van der Waals surface area contributed by atoms with Gasteiger partial charge in [0.05, 0.1) is 24.2 Å². The molecule has 0 fully saturated rings. The van der Waals surface area contributed by atoms with Crippen LogP contribution in [-0.2, 0) is 33.6 Å². The van der Waals surface area contributed by atoms with E-state index in [4.69, 9.17) is 17.2 Å². The predicted molar refractivity (Wildman–Crippen MR) is 301 cm³/mol. The van der Waals surface area contributed by atoms with Crippen LogP contribution in [-0.4, -0.2) is 82.1 Å². The van der Waals surface area contributed by atoms with E-state index in [1.54, 1.807) is 34.6 Å². The summed E-state index contributed by atoms with van der Waals surface area (Å²) in [5.41, 5.74) is 15.8. The summed E-state index contributed by atoms with van der Waals surface area (Å²) in [5.74, 6) is 2.89. The van der Waals surface area contributed by atoms with Crippen LogP contribution in [0.15, 0.2) is 5.16 Å². The highest BCUT2D eigenvalue weighted by Gasteiger charge is 2.31. The van der Waals surface area contributed by atoms with E-state index < -0.39 is 5.41 Å². The lowest BCUT2D eigenvalue weighted by Crippen LogP contribution is -2.41. The summed E-state index contributed by atoms with van der Waals surface area (Å²) in [6.07, 6.45) is 4.12. The maximum Gasteiger partial charge on any atom is 0.251 e. The maximum absolute atomic E-state index is 11.8. The molecule has 0 aliphatic heterocycles. The quantitative estimate of drug-likeness (QED) is 0.0646. The second-order valence-electron chi connectivity index (χ2n) is 27.5. The molecule has 13 nitrogen and oxygen atoms in total. The van der Waals surface area contributed by atoms with Crippen molar-refractivity contribution in [2.75, 3.05) is 7.11 Å². The molecule has 7 N–H and O–H groups in total. The van der Waals surface area contributed by atoms with Crippen LogP contribution in [0.1, 0.15) is 240 Å². The second kappa shape index (κ2) is 35.4. The number of nitrogens with two attached hydrogens (primary N) is 3. The highest BCUT2D eigenvalue weighted by molar-refractivity contribution is 6.41. The largest absolute Gasteiger partial charge is 0.399 e. The number of carbonyl (C=O) groups excluding carboxylic acids is 6. The molecule has 3 atom stereocenters. The number of nitrogens with zero attached hydrogens (tertiary/aromatic N) is 2. The molecule has 0 bridgehead atoms. The number of oxime groups is 1. The van der Waals surface area contributed by atoms with E-state index in [1.165, 1.54) is 7.11 Å². The number of carbonyl (C=O) groups is 6. The Labute approximate surface area is 438 Å². The first-order valence-corrected chi connectivity index (χ1v) is 26.3. The van der Waals surface area contributed by atoms with Gasteiger partial charge in [0, 0.05) is 44.8 Å². The van der Waals surface area contributed by atoms with E-state index in [-0.39, 0.29) is 86.2 Å². The van der Waals surface area contributed by atoms with Crippen LogP contribution in [0.25, 0.3) is 0 Å². The van der Waals surface area contributed by atoms with Crippen LogP contribution in [0.5, 0.6) is 0 Å². The topological polar surface area (TPSA) is 226 Å². The minimum absolute atomic E-state index is 0.0457. The molecule has 0 rings (SSSR count). The minimum Gasteiger partial charge on any atom is -0.399 e. The molecule has 1 amide bonds. The molecule has 0 saturated carbocycles. The van der Waals surface area contributed by atoms with Gasteiger partial charge in [-0.2, -0.15) is 0 Å². The van der Waals surface area contributed by atoms with Crippen molar-refractivity contribution in [2.45, 2.75) is 264 Å². The van der Waals surface area contributed by atoms with Crippen LogP contribution < -0.4 is 17.2 Å². The third-order valence-corrected chi connectivity index (χ3v) is 10.2. The van der Waals surface area contributed by atoms with Crippen molar-refractivity contribution in [2.24, 2.45) is 84.4 Å². The Morgan fingerprint density at radius 2 is 0.746 bits per heavy atom. The van der Waals surface area contributed by atoms with E-state index in [1.807, 2.05) is 118 Å². The minimum atomic E-state index is -0.501. The number of hydrogen-bond donors (Lipinski definition) is 4. The highest BCUT2D eigenvalue weighted by Crippen LogP contribution is 2.23. The summed E-state index contributed by atoms with van der Waals surface area (Å²) in [7, 11) is 1.46. The Bertz CT molecular complexity index is 1460. The molecule has 13 heteroatoms. The molecule has 71 heavy (non-hydrogen) atoms. The molecule has 0 spiro atoms. The molecule has 0 heterocycles. The Hall–Kier alpha value is -2.87. The molecule has 0 radical (unpaired) electrons. The molecule has 0 aromatic carbocycles. The lowest BCUT2D eigenvalue weighted by molar-refractivity contribution is -0.181. The number of rotatable bonds is 16. The Kier molecular flexibility index (Phi) is 39.6. The van der Waals surface area contributed by atoms with Crippen molar-refractivity contribution >= 4 is 40.5 Å². The molecule has 1 unspecified atom stereocenters. The van der Waals surface area contributed by atoms with Crippen molar-refractivity contribution in [3.63, 3.8) is 0 Å². The first kappa shape index (κ1) is 79.5. The smallest absolute Gasteiger partial charge is 0.251 e. The third kappa shape index (κ3) is 43.3. The van der Waals surface area contributed by atoms with Crippen LogP contribution in [0.2, 0.25) is 0 Å². The van der Waals surface area contributed by atoms with Gasteiger partial charge in [-0.1, -0.05) is 199 Å². The van der Waals surface area contributed by atoms with Gasteiger partial charge in [-0.25, -0.2) is 5.06 Å². The molecule has 0 saturated heterocycles. The number of amides is 1. The van der Waals surface area contributed by atoms with E-state index in [2.05, 4.69) is 65.4 Å². The molecule has 424 valence electrons. The van der Waals surface area contributed by atoms with Gasteiger partial charge in [-0.3, -0.25) is 34.0 Å². The fourth-order valence-corrected chi connectivity index (χ4v) is 5.78. The Balaban J connectivity index is -0.000000179. The van der Waals surface area contributed by atoms with E-state index >= 15 is 0 Å². The Morgan fingerprint density at radius 3 is 0.887 bits per heavy atom. The van der Waals surface area contributed by atoms with E-state index in [9.17, 15) is 34.0 Å². The van der Waals surface area contributed by atoms with Gasteiger partial charge in [-0.05, 0) is 63.2 Å². The number of Topliss-reactive ketones (excluding diaryl/α,β-unsaturated/α-hetero) is 5. The van der Waals surface area contributed by atoms with Crippen molar-refractivity contribution in [3.05, 3.63) is 0 Å². The fourth-order valence-electron chi connectivity index (χ4n) is 5.78. The molecule has 0 aliphatic carbocycles. The van der Waals surface area contributed by atoms with Gasteiger partial charge in [-0.15, -0.1) is 0 Å². The number of hydrogen-bond acceptors (Lipinski definition) is 12. The van der Waals surface area contributed by atoms with Crippen molar-refractivity contribution < 1.29 is 38.8 Å². The maximum atomic E-state index is 11.8. The zero-order valence-corrected chi connectivity index (χ0v) is 52.2. The van der Waals surface area contributed by atoms with Crippen molar-refractivity contribution in [3.8, 4) is 0 Å². The van der Waals surface area contributed by atoms with E-state index in [0.717, 1.165) is 37.2 Å². The average Bonchev–Trinajstić information content (AvgIpc) is 3.15. The lowest BCUT2D eigenvalue weighted by atomic mass is 9.84. The van der Waals surface area contributed by atoms with Gasteiger partial charge in [0.15, 0.2) is 23.1 Å². The zero-order chi connectivity index (χ0) is 58.8. The zero-order valence-electron chi connectivity index (χ0n) is 52.2. The molecule has 0 aromatic heterocycles. The Morgan fingerprint density at radius 1 is 0.465 bits per heavy atom. The third-order valence-electron chi connectivity index (χ3n) is 10.2. The standard InChI is InChI=1S/C10H19NO2.3C10H21NO.C10H20O.C8H17NO2/c1-7(2)8(11-13-6)9(12)10(3,4)5;3*1-7(2)6-8(11)9(12)10(3,4)5;1-8(2)6-7-9(11)10(3,4)5;1-6(2)9(11)7(10)8(3,4)5/h7H,1-6H3;3*7-8H,6,11H2,1-5H3;8H,6-7H2,1-5H3;6,11H,1-5H3/t;2*8-;;;/m.10.../s1. The summed E-state index contributed by atoms with van der Waals surface area (Å²) in [4.78, 5) is 73.8. The van der Waals surface area contributed by atoms with Gasteiger partial charge in [0.1, 0.15) is 18.6 Å². The predicted octanol–water partition coefficient (Wildman–Crippen LogP) is 12.9. The molecular formula is C58H119N5O8. The van der Waals surface area contributed by atoms with Gasteiger partial charge < -0.3 is 22.0 Å². The summed E-state index contributed by atoms with van der Waals surface area (Å²) >= 11 is 0. The monoisotopic (exact) mass is 1010 g/mol.